The van der Waals surface area contributed by atoms with Gasteiger partial charge in [0, 0.05) is 6.07 Å². The van der Waals surface area contributed by atoms with Crippen molar-refractivity contribution in [1.29, 1.82) is 0 Å². The number of rotatable bonds is 3. The summed E-state index contributed by atoms with van der Waals surface area (Å²) in [4.78, 5) is 43.4. The Kier molecular flexibility index (Phi) is 2.92. The van der Waals surface area contributed by atoms with E-state index in [9.17, 15) is 19.7 Å². The van der Waals surface area contributed by atoms with Crippen LogP contribution >= 0.6 is 0 Å². The number of aromatic amines is 1. The number of imidazole rings is 1. The minimum Gasteiger partial charge on any atom is -0.340 e. The predicted molar refractivity (Wildman–Crippen MR) is 83.4 cm³/mol. The Balaban J connectivity index is 1.71. The maximum Gasteiger partial charge on any atom is 0.297 e. The zero-order chi connectivity index (χ0) is 16.8. The Hall–Kier alpha value is -3.55. The third-order valence-corrected chi connectivity index (χ3v) is 3.92. The van der Waals surface area contributed by atoms with E-state index in [1.807, 2.05) is 0 Å². The molecule has 0 atom stereocenters. The van der Waals surface area contributed by atoms with Gasteiger partial charge in [0.2, 0.25) is 0 Å². The lowest BCUT2D eigenvalue weighted by Crippen LogP contribution is -2.29. The van der Waals surface area contributed by atoms with Gasteiger partial charge in [-0.25, -0.2) is 4.98 Å². The number of nitro groups is 1. The highest BCUT2D eigenvalue weighted by molar-refractivity contribution is 6.21. The fraction of sp³-hybridized carbons (Fsp3) is 0.0625. The number of carbonyl (C=O) groups excluding carboxylic acids is 2. The van der Waals surface area contributed by atoms with Crippen LogP contribution in [0.25, 0.3) is 11.0 Å². The number of nitrogens with zero attached hydrogens (tertiary/aromatic N) is 3. The minimum atomic E-state index is -0.519. The Morgan fingerprint density at radius 2 is 1.71 bits per heavy atom. The van der Waals surface area contributed by atoms with E-state index in [-0.39, 0.29) is 17.7 Å². The number of H-pyrrole nitrogens is 1. The summed E-state index contributed by atoms with van der Waals surface area (Å²) in [6, 6.07) is 11.1. The third-order valence-electron chi connectivity index (χ3n) is 3.92. The Morgan fingerprint density at radius 3 is 2.33 bits per heavy atom. The molecule has 1 aliphatic heterocycles. The molecular formula is C16H10N4O4. The van der Waals surface area contributed by atoms with E-state index in [1.54, 1.807) is 36.4 Å². The molecule has 0 fully saturated rings. The van der Waals surface area contributed by atoms with E-state index >= 15 is 0 Å². The number of non-ortho nitro benzene ring substituents is 1. The standard InChI is InChI=1S/C16H10N4O4/c21-15-9-4-1-2-5-10(9)16(22)19(15)8-13-17-11-6-3-7-12(20(23)24)14(11)18-13/h1-7H,8H2,(H,17,18). The maximum atomic E-state index is 12.4. The van der Waals surface area contributed by atoms with Crippen molar-refractivity contribution >= 4 is 28.5 Å². The van der Waals surface area contributed by atoms with Crippen molar-refractivity contribution < 1.29 is 14.5 Å². The molecule has 118 valence electrons. The number of carbonyl (C=O) groups is 2. The van der Waals surface area contributed by atoms with Gasteiger partial charge in [-0.3, -0.25) is 24.6 Å². The summed E-state index contributed by atoms with van der Waals surface area (Å²) in [5.74, 6) is -0.482. The number of aromatic nitrogens is 2. The summed E-state index contributed by atoms with van der Waals surface area (Å²) in [6.45, 7) is -0.0712. The summed E-state index contributed by atoms with van der Waals surface area (Å²) >= 11 is 0. The van der Waals surface area contributed by atoms with Crippen LogP contribution in [0.1, 0.15) is 26.5 Å². The van der Waals surface area contributed by atoms with Crippen LogP contribution in [0.15, 0.2) is 42.5 Å². The Morgan fingerprint density at radius 1 is 1.04 bits per heavy atom. The number of para-hydroxylation sites is 1. The van der Waals surface area contributed by atoms with E-state index in [2.05, 4.69) is 9.97 Å². The number of nitro benzene ring substituents is 1. The van der Waals surface area contributed by atoms with Crippen molar-refractivity contribution in [2.45, 2.75) is 6.54 Å². The number of fused-ring (bicyclic) bond motifs is 2. The first-order valence-electron chi connectivity index (χ1n) is 7.13. The van der Waals surface area contributed by atoms with Gasteiger partial charge in [0.1, 0.15) is 5.82 Å². The largest absolute Gasteiger partial charge is 0.340 e. The average molecular weight is 322 g/mol. The van der Waals surface area contributed by atoms with Gasteiger partial charge >= 0.3 is 0 Å². The zero-order valence-corrected chi connectivity index (χ0v) is 12.2. The number of hydrogen-bond acceptors (Lipinski definition) is 5. The highest BCUT2D eigenvalue weighted by Gasteiger charge is 2.35. The van der Waals surface area contributed by atoms with Gasteiger partial charge < -0.3 is 4.98 Å². The van der Waals surface area contributed by atoms with E-state index in [0.717, 1.165) is 4.90 Å². The Labute approximate surface area is 134 Å². The summed E-state index contributed by atoms with van der Waals surface area (Å²) in [5, 5.41) is 11.1. The topological polar surface area (TPSA) is 109 Å². The lowest BCUT2D eigenvalue weighted by molar-refractivity contribution is -0.383. The number of nitrogens with one attached hydrogen (secondary N) is 1. The molecular weight excluding hydrogens is 312 g/mol. The van der Waals surface area contributed by atoms with Crippen LogP contribution < -0.4 is 0 Å². The molecule has 0 radical (unpaired) electrons. The molecule has 2 heterocycles. The van der Waals surface area contributed by atoms with Crippen molar-refractivity contribution in [3.63, 3.8) is 0 Å². The quantitative estimate of drug-likeness (QED) is 0.452. The van der Waals surface area contributed by atoms with Crippen molar-refractivity contribution in [3.05, 3.63) is 69.5 Å². The van der Waals surface area contributed by atoms with Gasteiger partial charge in [-0.05, 0) is 18.2 Å². The SMILES string of the molecule is O=C1c2ccccc2C(=O)N1Cc1nc2c([N+](=O)[O-])cccc2[nH]1. The molecule has 8 heteroatoms. The van der Waals surface area contributed by atoms with Gasteiger partial charge in [-0.2, -0.15) is 0 Å². The van der Waals surface area contributed by atoms with Crippen molar-refractivity contribution in [3.8, 4) is 0 Å². The number of imide groups is 1. The number of amides is 2. The van der Waals surface area contributed by atoms with Crippen LogP contribution in [0.5, 0.6) is 0 Å². The van der Waals surface area contributed by atoms with Crippen molar-refractivity contribution in [2.75, 3.05) is 0 Å². The molecule has 8 nitrogen and oxygen atoms in total. The number of hydrogen-bond donors (Lipinski definition) is 1. The van der Waals surface area contributed by atoms with E-state index in [1.165, 1.54) is 6.07 Å². The first-order valence-corrected chi connectivity index (χ1v) is 7.13. The van der Waals surface area contributed by atoms with Crippen molar-refractivity contribution in [1.82, 2.24) is 14.9 Å². The van der Waals surface area contributed by atoms with Crippen LogP contribution in [-0.4, -0.2) is 31.6 Å². The second-order valence-electron chi connectivity index (χ2n) is 5.36. The molecule has 0 bridgehead atoms. The van der Waals surface area contributed by atoms with Gasteiger partial charge in [0.05, 0.1) is 28.1 Å². The highest BCUT2D eigenvalue weighted by atomic mass is 16.6. The molecule has 0 saturated heterocycles. The van der Waals surface area contributed by atoms with E-state index < -0.39 is 16.7 Å². The summed E-state index contributed by atoms with van der Waals surface area (Å²) in [7, 11) is 0. The molecule has 0 aliphatic carbocycles. The molecule has 2 amide bonds. The zero-order valence-electron chi connectivity index (χ0n) is 12.2. The Bertz CT molecular complexity index is 989. The molecule has 2 aromatic carbocycles. The molecule has 1 N–H and O–H groups in total. The van der Waals surface area contributed by atoms with Crippen molar-refractivity contribution in [2.24, 2.45) is 0 Å². The molecule has 0 saturated carbocycles. The van der Waals surface area contributed by atoms with Crippen LogP contribution in [-0.2, 0) is 6.54 Å². The lowest BCUT2D eigenvalue weighted by atomic mass is 10.1. The van der Waals surface area contributed by atoms with Gasteiger partial charge in [0.25, 0.3) is 17.5 Å². The third kappa shape index (κ3) is 1.97. The predicted octanol–water partition coefficient (Wildman–Crippen LogP) is 2.27. The van der Waals surface area contributed by atoms with E-state index in [0.29, 0.717) is 22.5 Å². The van der Waals surface area contributed by atoms with Gasteiger partial charge in [0.15, 0.2) is 5.52 Å². The summed E-state index contributed by atoms with van der Waals surface area (Å²) in [6.07, 6.45) is 0. The first kappa shape index (κ1) is 14.1. The molecule has 1 aliphatic rings. The van der Waals surface area contributed by atoms with Crippen LogP contribution in [0, 0.1) is 10.1 Å². The minimum absolute atomic E-state index is 0.0712. The van der Waals surface area contributed by atoms with Crippen LogP contribution in [0.2, 0.25) is 0 Å². The van der Waals surface area contributed by atoms with Gasteiger partial charge in [-0.15, -0.1) is 0 Å². The van der Waals surface area contributed by atoms with Crippen LogP contribution in [0.3, 0.4) is 0 Å². The molecule has 0 unspecified atom stereocenters. The number of benzene rings is 2. The van der Waals surface area contributed by atoms with Crippen LogP contribution in [0.4, 0.5) is 5.69 Å². The average Bonchev–Trinajstić information content (AvgIpc) is 3.09. The lowest BCUT2D eigenvalue weighted by Gasteiger charge is -2.11. The molecule has 0 spiro atoms. The smallest absolute Gasteiger partial charge is 0.297 e. The first-order chi connectivity index (χ1) is 11.6. The normalized spacial score (nSPS) is 13.6. The molecule has 4 rings (SSSR count). The highest BCUT2D eigenvalue weighted by Crippen LogP contribution is 2.26. The molecule has 24 heavy (non-hydrogen) atoms. The molecule has 1 aromatic heterocycles. The van der Waals surface area contributed by atoms with Gasteiger partial charge in [-0.1, -0.05) is 18.2 Å². The monoisotopic (exact) mass is 322 g/mol. The summed E-state index contributed by atoms with van der Waals surface area (Å²) in [5.41, 5.74) is 1.26. The second kappa shape index (κ2) is 4.98. The molecule has 3 aromatic rings. The maximum absolute atomic E-state index is 12.4. The van der Waals surface area contributed by atoms with E-state index in [4.69, 9.17) is 0 Å². The summed E-state index contributed by atoms with van der Waals surface area (Å²) < 4.78 is 0. The fourth-order valence-electron chi connectivity index (χ4n) is 2.82. The second-order valence-corrected chi connectivity index (χ2v) is 5.36. The fourth-order valence-corrected chi connectivity index (χ4v) is 2.82.